The van der Waals surface area contributed by atoms with Crippen LogP contribution in [0.15, 0.2) is 47.4 Å². The Bertz CT molecular complexity index is 599. The molecule has 0 saturated carbocycles. The van der Waals surface area contributed by atoms with Gasteiger partial charge in [-0.15, -0.1) is 11.8 Å². The summed E-state index contributed by atoms with van der Waals surface area (Å²) in [6, 6.07) is 10.8. The molecule has 0 aliphatic heterocycles. The minimum atomic E-state index is -0.299. The summed E-state index contributed by atoms with van der Waals surface area (Å²) in [6.45, 7) is 0. The van der Waals surface area contributed by atoms with Gasteiger partial charge in [-0.25, -0.2) is 4.39 Å². The largest absolute Gasteiger partial charge is 0.325 e. The van der Waals surface area contributed by atoms with Crippen molar-refractivity contribution >= 4 is 46.6 Å². The number of halogens is 3. The Morgan fingerprint density at radius 1 is 1.10 bits per heavy atom. The van der Waals surface area contributed by atoms with Gasteiger partial charge in [0.15, 0.2) is 0 Å². The lowest BCUT2D eigenvalue weighted by molar-refractivity contribution is -0.113. The summed E-state index contributed by atoms with van der Waals surface area (Å²) in [5.74, 6) is -0.263. The van der Waals surface area contributed by atoms with Crippen molar-refractivity contribution in [2.45, 2.75) is 4.90 Å². The summed E-state index contributed by atoms with van der Waals surface area (Å²) < 4.78 is 12.7. The molecule has 104 valence electrons. The van der Waals surface area contributed by atoms with Gasteiger partial charge >= 0.3 is 0 Å². The zero-order chi connectivity index (χ0) is 14.5. The Morgan fingerprint density at radius 3 is 2.30 bits per heavy atom. The van der Waals surface area contributed by atoms with Gasteiger partial charge in [0, 0.05) is 20.6 Å². The van der Waals surface area contributed by atoms with E-state index in [0.717, 1.165) is 4.90 Å². The van der Waals surface area contributed by atoms with E-state index in [1.807, 2.05) is 0 Å². The summed E-state index contributed by atoms with van der Waals surface area (Å²) in [6.07, 6.45) is 0. The quantitative estimate of drug-likeness (QED) is 0.811. The summed E-state index contributed by atoms with van der Waals surface area (Å²) in [7, 11) is 0. The van der Waals surface area contributed by atoms with E-state index in [-0.39, 0.29) is 17.5 Å². The molecule has 2 aromatic carbocycles. The number of rotatable bonds is 4. The number of hydrogen-bond acceptors (Lipinski definition) is 2. The first kappa shape index (κ1) is 15.2. The normalized spacial score (nSPS) is 10.3. The standard InChI is InChI=1S/C14H10Cl2FNOS/c15-9-5-10(16)7-12(6-9)18-14(19)8-20-13-3-1-11(17)2-4-13/h1-7H,8H2,(H,18,19). The molecular formula is C14H10Cl2FNOS. The Kier molecular flexibility index (Phi) is 5.29. The molecule has 0 saturated heterocycles. The van der Waals surface area contributed by atoms with E-state index in [0.29, 0.717) is 15.7 Å². The van der Waals surface area contributed by atoms with Gasteiger partial charge in [-0.05, 0) is 42.5 Å². The van der Waals surface area contributed by atoms with E-state index in [2.05, 4.69) is 5.32 Å². The van der Waals surface area contributed by atoms with E-state index < -0.39 is 0 Å². The molecule has 0 spiro atoms. The van der Waals surface area contributed by atoms with Crippen LogP contribution in [-0.4, -0.2) is 11.7 Å². The average Bonchev–Trinajstić information content (AvgIpc) is 2.37. The summed E-state index contributed by atoms with van der Waals surface area (Å²) in [5, 5.41) is 3.62. The van der Waals surface area contributed by atoms with Gasteiger partial charge in [0.05, 0.1) is 5.75 Å². The van der Waals surface area contributed by atoms with Crippen LogP contribution in [-0.2, 0) is 4.79 Å². The fourth-order valence-electron chi connectivity index (χ4n) is 1.50. The van der Waals surface area contributed by atoms with Crippen molar-refractivity contribution in [2.24, 2.45) is 0 Å². The van der Waals surface area contributed by atoms with Gasteiger partial charge in [-0.2, -0.15) is 0 Å². The van der Waals surface area contributed by atoms with Crippen LogP contribution < -0.4 is 5.32 Å². The van der Waals surface area contributed by atoms with Crippen molar-refractivity contribution in [3.05, 3.63) is 58.3 Å². The lowest BCUT2D eigenvalue weighted by Crippen LogP contribution is -2.13. The van der Waals surface area contributed by atoms with Crippen molar-refractivity contribution in [2.75, 3.05) is 11.1 Å². The zero-order valence-corrected chi connectivity index (χ0v) is 12.5. The molecule has 0 aromatic heterocycles. The molecular weight excluding hydrogens is 320 g/mol. The van der Waals surface area contributed by atoms with Gasteiger partial charge in [0.2, 0.25) is 5.91 Å². The lowest BCUT2D eigenvalue weighted by atomic mass is 10.3. The maximum absolute atomic E-state index is 12.7. The van der Waals surface area contributed by atoms with Crippen LogP contribution >= 0.6 is 35.0 Å². The monoisotopic (exact) mass is 329 g/mol. The summed E-state index contributed by atoms with van der Waals surface area (Å²) >= 11 is 13.0. The third-order valence-corrected chi connectivity index (χ3v) is 3.78. The third kappa shape index (κ3) is 4.71. The predicted molar refractivity (Wildman–Crippen MR) is 82.2 cm³/mol. The molecule has 20 heavy (non-hydrogen) atoms. The second-order valence-electron chi connectivity index (χ2n) is 3.95. The van der Waals surface area contributed by atoms with E-state index in [1.54, 1.807) is 30.3 Å². The van der Waals surface area contributed by atoms with Crippen molar-refractivity contribution in [3.8, 4) is 0 Å². The summed E-state index contributed by atoms with van der Waals surface area (Å²) in [4.78, 5) is 12.6. The smallest absolute Gasteiger partial charge is 0.234 e. The van der Waals surface area contributed by atoms with Gasteiger partial charge in [0.1, 0.15) is 5.82 Å². The first-order valence-electron chi connectivity index (χ1n) is 5.67. The van der Waals surface area contributed by atoms with Gasteiger partial charge in [-0.1, -0.05) is 23.2 Å². The number of carbonyl (C=O) groups excluding carboxylic acids is 1. The molecule has 0 aliphatic carbocycles. The first-order chi connectivity index (χ1) is 9.52. The number of hydrogen-bond donors (Lipinski definition) is 1. The minimum absolute atomic E-state index is 0.183. The van der Waals surface area contributed by atoms with Crippen molar-refractivity contribution in [1.82, 2.24) is 0 Å². The molecule has 0 fully saturated rings. The molecule has 0 atom stereocenters. The van der Waals surface area contributed by atoms with Crippen molar-refractivity contribution < 1.29 is 9.18 Å². The minimum Gasteiger partial charge on any atom is -0.325 e. The number of thioether (sulfide) groups is 1. The Labute approximate surface area is 130 Å². The highest BCUT2D eigenvalue weighted by Gasteiger charge is 2.05. The highest BCUT2D eigenvalue weighted by Crippen LogP contribution is 2.23. The van der Waals surface area contributed by atoms with Crippen LogP contribution in [0.2, 0.25) is 10.0 Å². The zero-order valence-electron chi connectivity index (χ0n) is 10.2. The molecule has 0 heterocycles. The number of anilines is 1. The predicted octanol–water partition coefficient (Wildman–Crippen LogP) is 4.86. The molecule has 1 N–H and O–H groups in total. The number of carbonyl (C=O) groups is 1. The number of nitrogens with one attached hydrogen (secondary N) is 1. The lowest BCUT2D eigenvalue weighted by Gasteiger charge is -2.06. The fraction of sp³-hybridized carbons (Fsp3) is 0.0714. The molecule has 2 rings (SSSR count). The van der Waals surface area contributed by atoms with E-state index >= 15 is 0 Å². The molecule has 0 bridgehead atoms. The van der Waals surface area contributed by atoms with E-state index in [4.69, 9.17) is 23.2 Å². The van der Waals surface area contributed by atoms with Crippen LogP contribution in [0.1, 0.15) is 0 Å². The maximum atomic E-state index is 12.7. The highest BCUT2D eigenvalue weighted by molar-refractivity contribution is 8.00. The molecule has 2 nitrogen and oxygen atoms in total. The van der Waals surface area contributed by atoms with Crippen LogP contribution in [0.3, 0.4) is 0 Å². The molecule has 0 unspecified atom stereocenters. The van der Waals surface area contributed by atoms with E-state index in [1.165, 1.54) is 23.9 Å². The average molecular weight is 330 g/mol. The molecule has 1 amide bonds. The van der Waals surface area contributed by atoms with Crippen molar-refractivity contribution in [3.63, 3.8) is 0 Å². The first-order valence-corrected chi connectivity index (χ1v) is 7.41. The van der Waals surface area contributed by atoms with E-state index in [9.17, 15) is 9.18 Å². The molecule has 2 aromatic rings. The van der Waals surface area contributed by atoms with Gasteiger partial charge < -0.3 is 5.32 Å². The topological polar surface area (TPSA) is 29.1 Å². The molecule has 6 heteroatoms. The Morgan fingerprint density at radius 2 is 1.70 bits per heavy atom. The van der Waals surface area contributed by atoms with Crippen LogP contribution in [0.4, 0.5) is 10.1 Å². The second-order valence-corrected chi connectivity index (χ2v) is 5.87. The van der Waals surface area contributed by atoms with Crippen LogP contribution in [0, 0.1) is 5.82 Å². The molecule has 0 radical (unpaired) electrons. The van der Waals surface area contributed by atoms with Crippen LogP contribution in [0.25, 0.3) is 0 Å². The number of amides is 1. The maximum Gasteiger partial charge on any atom is 0.234 e. The third-order valence-electron chi connectivity index (χ3n) is 2.33. The van der Waals surface area contributed by atoms with Gasteiger partial charge in [0.25, 0.3) is 0 Å². The SMILES string of the molecule is O=C(CSc1ccc(F)cc1)Nc1cc(Cl)cc(Cl)c1. The van der Waals surface area contributed by atoms with Crippen molar-refractivity contribution in [1.29, 1.82) is 0 Å². The molecule has 0 aliphatic rings. The van der Waals surface area contributed by atoms with Gasteiger partial charge in [-0.3, -0.25) is 4.79 Å². The highest BCUT2D eigenvalue weighted by atomic mass is 35.5. The summed E-state index contributed by atoms with van der Waals surface area (Å²) in [5.41, 5.74) is 0.548. The number of benzene rings is 2. The Hall–Kier alpha value is -1.23. The second kappa shape index (κ2) is 6.97. The fourth-order valence-corrected chi connectivity index (χ4v) is 2.73. The Balaban J connectivity index is 1.90. The van der Waals surface area contributed by atoms with Crippen LogP contribution in [0.5, 0.6) is 0 Å².